The van der Waals surface area contributed by atoms with Crippen LogP contribution in [-0.4, -0.2) is 41.1 Å². The Morgan fingerprint density at radius 2 is 2.06 bits per heavy atom. The fraction of sp³-hybridized carbons (Fsp3) is 0.364. The van der Waals surface area contributed by atoms with Crippen LogP contribution in [0.5, 0.6) is 0 Å². The first-order chi connectivity index (χ1) is 8.43. The van der Waals surface area contributed by atoms with Crippen molar-refractivity contribution in [3.8, 4) is 11.4 Å². The maximum absolute atomic E-state index is 4.57. The van der Waals surface area contributed by atoms with Crippen molar-refractivity contribution in [1.82, 2.24) is 20.3 Å². The Morgan fingerprint density at radius 1 is 1.18 bits per heavy atom. The number of piperazine rings is 1. The van der Waals surface area contributed by atoms with Crippen LogP contribution in [0.2, 0.25) is 0 Å². The van der Waals surface area contributed by atoms with Gasteiger partial charge in [0.25, 0.3) is 0 Å². The second kappa shape index (κ2) is 4.77. The highest BCUT2D eigenvalue weighted by molar-refractivity contribution is 7.07. The molecule has 1 aliphatic heterocycles. The predicted octanol–water partition coefficient (Wildman–Crippen LogP) is 1.01. The van der Waals surface area contributed by atoms with Gasteiger partial charge in [0.15, 0.2) is 0 Å². The van der Waals surface area contributed by atoms with Gasteiger partial charge in [0.2, 0.25) is 5.95 Å². The molecule has 3 rings (SSSR count). The summed E-state index contributed by atoms with van der Waals surface area (Å²) < 4.78 is 0. The van der Waals surface area contributed by atoms with Gasteiger partial charge in [-0.05, 0) is 6.07 Å². The average molecular weight is 247 g/mol. The van der Waals surface area contributed by atoms with Gasteiger partial charge in [0.1, 0.15) is 0 Å². The SMILES string of the molecule is c1cc(-c2cscn2)nc(N2CCNCC2)n1. The van der Waals surface area contributed by atoms with E-state index in [0.717, 1.165) is 43.5 Å². The summed E-state index contributed by atoms with van der Waals surface area (Å²) >= 11 is 1.58. The normalized spacial score (nSPS) is 16.1. The van der Waals surface area contributed by atoms with Gasteiger partial charge >= 0.3 is 0 Å². The average Bonchev–Trinajstić information content (AvgIpc) is 2.94. The number of anilines is 1. The monoisotopic (exact) mass is 247 g/mol. The maximum Gasteiger partial charge on any atom is 0.225 e. The number of hydrogen-bond donors (Lipinski definition) is 1. The number of thiazole rings is 1. The smallest absolute Gasteiger partial charge is 0.225 e. The molecule has 1 aliphatic rings. The van der Waals surface area contributed by atoms with Crippen LogP contribution in [0.15, 0.2) is 23.2 Å². The van der Waals surface area contributed by atoms with E-state index in [-0.39, 0.29) is 0 Å². The lowest BCUT2D eigenvalue weighted by Gasteiger charge is -2.27. The van der Waals surface area contributed by atoms with Crippen molar-refractivity contribution in [3.05, 3.63) is 23.2 Å². The summed E-state index contributed by atoms with van der Waals surface area (Å²) in [5.74, 6) is 0.803. The molecule has 0 unspecified atom stereocenters. The lowest BCUT2D eigenvalue weighted by atomic mass is 10.3. The van der Waals surface area contributed by atoms with Crippen LogP contribution in [0.3, 0.4) is 0 Å². The van der Waals surface area contributed by atoms with E-state index in [0.29, 0.717) is 0 Å². The van der Waals surface area contributed by atoms with Crippen LogP contribution in [-0.2, 0) is 0 Å². The van der Waals surface area contributed by atoms with Gasteiger partial charge in [-0.3, -0.25) is 0 Å². The van der Waals surface area contributed by atoms with Gasteiger partial charge in [-0.2, -0.15) is 0 Å². The fourth-order valence-corrected chi connectivity index (χ4v) is 2.39. The highest BCUT2D eigenvalue weighted by Crippen LogP contribution is 2.18. The Hall–Kier alpha value is -1.53. The molecule has 0 bridgehead atoms. The zero-order valence-electron chi connectivity index (χ0n) is 9.33. The van der Waals surface area contributed by atoms with Gasteiger partial charge < -0.3 is 10.2 Å². The molecule has 0 atom stereocenters. The summed E-state index contributed by atoms with van der Waals surface area (Å²) in [4.78, 5) is 15.4. The molecule has 0 saturated carbocycles. The molecule has 2 aromatic heterocycles. The molecule has 17 heavy (non-hydrogen) atoms. The molecular weight excluding hydrogens is 234 g/mol. The zero-order valence-corrected chi connectivity index (χ0v) is 10.2. The van der Waals surface area contributed by atoms with E-state index in [1.807, 2.05) is 17.0 Å². The summed E-state index contributed by atoms with van der Waals surface area (Å²) in [5.41, 5.74) is 3.64. The molecule has 0 amide bonds. The van der Waals surface area contributed by atoms with Crippen molar-refractivity contribution in [2.45, 2.75) is 0 Å². The third-order valence-electron chi connectivity index (χ3n) is 2.74. The van der Waals surface area contributed by atoms with Crippen molar-refractivity contribution >= 4 is 17.3 Å². The van der Waals surface area contributed by atoms with Crippen molar-refractivity contribution in [3.63, 3.8) is 0 Å². The summed E-state index contributed by atoms with van der Waals surface area (Å²) in [6.45, 7) is 3.90. The number of aromatic nitrogens is 3. The van der Waals surface area contributed by atoms with E-state index < -0.39 is 0 Å². The third-order valence-corrected chi connectivity index (χ3v) is 3.32. The standard InChI is InChI=1S/C11H13N5S/c1-2-13-11(16-5-3-12-4-6-16)15-9(1)10-7-17-8-14-10/h1-2,7-8,12H,3-6H2. The van der Waals surface area contributed by atoms with E-state index in [9.17, 15) is 0 Å². The number of nitrogens with one attached hydrogen (secondary N) is 1. The van der Waals surface area contributed by atoms with Crippen molar-refractivity contribution in [2.24, 2.45) is 0 Å². The Labute approximate surface area is 104 Å². The van der Waals surface area contributed by atoms with E-state index in [1.54, 1.807) is 17.5 Å². The summed E-state index contributed by atoms with van der Waals surface area (Å²) in [5, 5.41) is 5.32. The number of hydrogen-bond acceptors (Lipinski definition) is 6. The highest BCUT2D eigenvalue weighted by atomic mass is 32.1. The Balaban J connectivity index is 1.88. The summed E-state index contributed by atoms with van der Waals surface area (Å²) in [7, 11) is 0. The van der Waals surface area contributed by atoms with E-state index in [4.69, 9.17) is 0 Å². The predicted molar refractivity (Wildman–Crippen MR) is 68.2 cm³/mol. The summed E-state index contributed by atoms with van der Waals surface area (Å²) in [6, 6.07) is 1.90. The molecule has 1 N–H and O–H groups in total. The molecule has 5 nitrogen and oxygen atoms in total. The van der Waals surface area contributed by atoms with Crippen LogP contribution in [0.1, 0.15) is 0 Å². The van der Waals surface area contributed by atoms with Crippen molar-refractivity contribution in [1.29, 1.82) is 0 Å². The van der Waals surface area contributed by atoms with Crippen LogP contribution in [0.25, 0.3) is 11.4 Å². The minimum Gasteiger partial charge on any atom is -0.338 e. The van der Waals surface area contributed by atoms with Crippen molar-refractivity contribution in [2.75, 3.05) is 31.1 Å². The Morgan fingerprint density at radius 3 is 2.82 bits per heavy atom. The second-order valence-corrected chi connectivity index (χ2v) is 4.57. The summed E-state index contributed by atoms with van der Waals surface area (Å²) in [6.07, 6.45) is 1.80. The quantitative estimate of drug-likeness (QED) is 0.858. The molecule has 1 saturated heterocycles. The van der Waals surface area contributed by atoms with Crippen LogP contribution in [0, 0.1) is 0 Å². The van der Waals surface area contributed by atoms with Gasteiger partial charge in [-0.15, -0.1) is 11.3 Å². The number of rotatable bonds is 2. The lowest BCUT2D eigenvalue weighted by molar-refractivity contribution is 0.580. The van der Waals surface area contributed by atoms with Crippen LogP contribution < -0.4 is 10.2 Å². The van der Waals surface area contributed by atoms with Crippen LogP contribution >= 0.6 is 11.3 Å². The molecule has 3 heterocycles. The van der Waals surface area contributed by atoms with Crippen molar-refractivity contribution < 1.29 is 0 Å². The zero-order chi connectivity index (χ0) is 11.5. The molecular formula is C11H13N5S. The molecule has 0 aliphatic carbocycles. The molecule has 6 heteroatoms. The first kappa shape index (κ1) is 10.6. The lowest BCUT2D eigenvalue weighted by Crippen LogP contribution is -2.44. The topological polar surface area (TPSA) is 53.9 Å². The first-order valence-electron chi connectivity index (χ1n) is 5.61. The highest BCUT2D eigenvalue weighted by Gasteiger charge is 2.13. The Kier molecular flexibility index (Phi) is 2.98. The van der Waals surface area contributed by atoms with Gasteiger partial charge in [-0.25, -0.2) is 15.0 Å². The Bertz CT molecular complexity index is 478. The molecule has 88 valence electrons. The van der Waals surface area contributed by atoms with E-state index in [2.05, 4.69) is 25.2 Å². The van der Waals surface area contributed by atoms with E-state index in [1.165, 1.54) is 0 Å². The molecule has 0 aromatic carbocycles. The molecule has 0 radical (unpaired) electrons. The minimum absolute atomic E-state index is 0.803. The largest absolute Gasteiger partial charge is 0.338 e. The molecule has 1 fully saturated rings. The molecule has 0 spiro atoms. The second-order valence-electron chi connectivity index (χ2n) is 3.85. The number of nitrogens with zero attached hydrogens (tertiary/aromatic N) is 4. The first-order valence-corrected chi connectivity index (χ1v) is 6.55. The third kappa shape index (κ3) is 2.27. The van der Waals surface area contributed by atoms with Gasteiger partial charge in [0, 0.05) is 37.8 Å². The molecule has 2 aromatic rings. The van der Waals surface area contributed by atoms with E-state index >= 15 is 0 Å². The van der Waals surface area contributed by atoms with Gasteiger partial charge in [-0.1, -0.05) is 0 Å². The fourth-order valence-electron chi connectivity index (χ4n) is 1.85. The minimum atomic E-state index is 0.803. The van der Waals surface area contributed by atoms with Gasteiger partial charge in [0.05, 0.1) is 16.9 Å². The maximum atomic E-state index is 4.57. The van der Waals surface area contributed by atoms with Crippen LogP contribution in [0.4, 0.5) is 5.95 Å².